The minimum atomic E-state index is -0.426. The van der Waals surface area contributed by atoms with Crippen molar-refractivity contribution in [1.82, 2.24) is 0 Å². The highest BCUT2D eigenvalue weighted by atomic mass is 79.9. The third-order valence-corrected chi connectivity index (χ3v) is 6.96. The first-order chi connectivity index (χ1) is 10.5. The summed E-state index contributed by atoms with van der Waals surface area (Å²) in [5, 5.41) is 1.38. The number of ether oxygens (including phenoxy) is 2. The Kier molecular flexibility index (Phi) is 9.86. The van der Waals surface area contributed by atoms with Crippen LogP contribution in [0.25, 0.3) is 0 Å². The number of rotatable bonds is 8. The van der Waals surface area contributed by atoms with Crippen LogP contribution < -0.4 is 0 Å². The molecule has 122 valence electrons. The Labute approximate surface area is 162 Å². The van der Waals surface area contributed by atoms with E-state index in [1.54, 1.807) is 24.3 Å². The van der Waals surface area contributed by atoms with Crippen LogP contribution in [0.15, 0.2) is 24.3 Å². The van der Waals surface area contributed by atoms with Crippen molar-refractivity contribution in [2.75, 3.05) is 23.9 Å². The number of esters is 2. The highest BCUT2D eigenvalue weighted by molar-refractivity contribution is 9.12. The second kappa shape index (κ2) is 10.8. The van der Waals surface area contributed by atoms with Crippen LogP contribution in [0.1, 0.15) is 20.7 Å². The van der Waals surface area contributed by atoms with Crippen molar-refractivity contribution in [3.8, 4) is 0 Å². The van der Waals surface area contributed by atoms with Gasteiger partial charge in [0, 0.05) is 10.7 Å². The van der Waals surface area contributed by atoms with Crippen molar-refractivity contribution in [3.05, 3.63) is 35.4 Å². The summed E-state index contributed by atoms with van der Waals surface area (Å²) >= 11 is 13.3. The molecular weight excluding hydrogens is 552 g/mol. The minimum absolute atomic E-state index is 0.0670. The first kappa shape index (κ1) is 20.1. The molecule has 22 heavy (non-hydrogen) atoms. The topological polar surface area (TPSA) is 52.6 Å². The lowest BCUT2D eigenvalue weighted by atomic mass is 10.1. The molecule has 1 aromatic carbocycles. The zero-order chi connectivity index (χ0) is 16.5. The average Bonchev–Trinajstić information content (AvgIpc) is 2.56. The molecule has 0 aromatic heterocycles. The van der Waals surface area contributed by atoms with Crippen molar-refractivity contribution < 1.29 is 19.1 Å². The fraction of sp³-hybridized carbons (Fsp3) is 0.429. The van der Waals surface area contributed by atoms with E-state index in [1.807, 2.05) is 0 Å². The van der Waals surface area contributed by atoms with Gasteiger partial charge in [0.1, 0.15) is 13.2 Å². The van der Waals surface area contributed by atoms with E-state index in [0.717, 1.165) is 0 Å². The number of carbonyl (C=O) groups is 2. The maximum atomic E-state index is 11.8. The molecule has 1 rings (SSSR count). The van der Waals surface area contributed by atoms with Gasteiger partial charge in [0.05, 0.1) is 20.8 Å². The SMILES string of the molecule is O=C(OCC(Br)CBr)c1ccc(C(=O)OCC(Br)CBr)cc1. The lowest BCUT2D eigenvalue weighted by Gasteiger charge is -2.09. The maximum Gasteiger partial charge on any atom is 0.338 e. The van der Waals surface area contributed by atoms with E-state index in [0.29, 0.717) is 21.8 Å². The molecule has 2 atom stereocenters. The van der Waals surface area contributed by atoms with Gasteiger partial charge in [-0.2, -0.15) is 0 Å². The molecular formula is C14H14Br4O4. The van der Waals surface area contributed by atoms with Gasteiger partial charge in [-0.1, -0.05) is 63.7 Å². The smallest absolute Gasteiger partial charge is 0.338 e. The van der Waals surface area contributed by atoms with E-state index in [-0.39, 0.29) is 22.9 Å². The van der Waals surface area contributed by atoms with E-state index in [1.165, 1.54) is 0 Å². The van der Waals surface area contributed by atoms with Gasteiger partial charge in [0.15, 0.2) is 0 Å². The zero-order valence-electron chi connectivity index (χ0n) is 11.4. The van der Waals surface area contributed by atoms with Crippen molar-refractivity contribution >= 4 is 75.7 Å². The molecule has 0 saturated carbocycles. The van der Waals surface area contributed by atoms with Gasteiger partial charge >= 0.3 is 11.9 Å². The molecule has 0 aliphatic rings. The highest BCUT2D eigenvalue weighted by Crippen LogP contribution is 2.11. The van der Waals surface area contributed by atoms with E-state index in [9.17, 15) is 9.59 Å². The molecule has 1 aromatic rings. The molecule has 0 aliphatic heterocycles. The number of hydrogen-bond acceptors (Lipinski definition) is 4. The fourth-order valence-electron chi connectivity index (χ4n) is 1.33. The Morgan fingerprint density at radius 3 is 1.41 bits per heavy atom. The second-order valence-corrected chi connectivity index (χ2v) is 8.16. The Hall–Kier alpha value is 0.0800. The normalized spacial score (nSPS) is 13.3. The summed E-state index contributed by atoms with van der Waals surface area (Å²) in [6.07, 6.45) is 0. The number of carbonyl (C=O) groups excluding carboxylic acids is 2. The summed E-state index contributed by atoms with van der Waals surface area (Å²) < 4.78 is 10.3. The zero-order valence-corrected chi connectivity index (χ0v) is 17.8. The lowest BCUT2D eigenvalue weighted by molar-refractivity contribution is 0.0499. The van der Waals surface area contributed by atoms with Crippen LogP contribution in [0.3, 0.4) is 0 Å². The highest BCUT2D eigenvalue weighted by Gasteiger charge is 2.13. The second-order valence-electron chi connectivity index (χ2n) is 4.28. The summed E-state index contributed by atoms with van der Waals surface area (Å²) in [5.74, 6) is -0.852. The Morgan fingerprint density at radius 2 is 1.14 bits per heavy atom. The molecule has 0 heterocycles. The van der Waals surface area contributed by atoms with Crippen LogP contribution in [-0.2, 0) is 9.47 Å². The summed E-state index contributed by atoms with van der Waals surface area (Å²) in [4.78, 5) is 23.8. The summed E-state index contributed by atoms with van der Waals surface area (Å²) in [6.45, 7) is 0.542. The van der Waals surface area contributed by atoms with E-state index < -0.39 is 11.9 Å². The minimum Gasteiger partial charge on any atom is -0.461 e. The van der Waals surface area contributed by atoms with Crippen molar-refractivity contribution in [1.29, 1.82) is 0 Å². The van der Waals surface area contributed by atoms with Crippen LogP contribution in [0.4, 0.5) is 0 Å². The predicted octanol–water partition coefficient (Wildman–Crippen LogP) is 4.32. The van der Waals surface area contributed by atoms with Crippen molar-refractivity contribution in [2.45, 2.75) is 9.65 Å². The molecule has 8 heteroatoms. The standard InChI is InChI=1S/C14H14Br4O4/c15-5-11(17)7-21-13(19)9-1-2-10(4-3-9)14(20)22-8-12(18)6-16/h1-4,11-12H,5-8H2. The van der Waals surface area contributed by atoms with Gasteiger partial charge in [0.2, 0.25) is 0 Å². The van der Waals surface area contributed by atoms with Crippen molar-refractivity contribution in [2.24, 2.45) is 0 Å². The molecule has 0 amide bonds. The predicted molar refractivity (Wildman–Crippen MR) is 100 cm³/mol. The van der Waals surface area contributed by atoms with Crippen LogP contribution in [0.2, 0.25) is 0 Å². The van der Waals surface area contributed by atoms with Gasteiger partial charge in [0.25, 0.3) is 0 Å². The summed E-state index contributed by atoms with van der Waals surface area (Å²) in [7, 11) is 0. The van der Waals surface area contributed by atoms with Crippen LogP contribution in [-0.4, -0.2) is 45.5 Å². The van der Waals surface area contributed by atoms with Crippen LogP contribution in [0, 0.1) is 0 Å². The average molecular weight is 566 g/mol. The molecule has 0 N–H and O–H groups in total. The van der Waals surface area contributed by atoms with E-state index >= 15 is 0 Å². The third-order valence-electron chi connectivity index (χ3n) is 2.48. The summed E-state index contributed by atoms with van der Waals surface area (Å²) in [5.41, 5.74) is 0.786. The van der Waals surface area contributed by atoms with Gasteiger partial charge in [-0.15, -0.1) is 0 Å². The third kappa shape index (κ3) is 7.10. The van der Waals surface area contributed by atoms with Crippen molar-refractivity contribution in [3.63, 3.8) is 0 Å². The Balaban J connectivity index is 2.55. The summed E-state index contributed by atoms with van der Waals surface area (Å²) in [6, 6.07) is 6.19. The molecule has 2 unspecified atom stereocenters. The van der Waals surface area contributed by atoms with Crippen LogP contribution >= 0.6 is 63.7 Å². The van der Waals surface area contributed by atoms with Gasteiger partial charge in [-0.25, -0.2) is 9.59 Å². The lowest BCUT2D eigenvalue weighted by Crippen LogP contribution is -2.16. The quantitative estimate of drug-likeness (QED) is 0.348. The number of alkyl halides is 4. The van der Waals surface area contributed by atoms with Gasteiger partial charge in [-0.05, 0) is 24.3 Å². The molecule has 0 radical (unpaired) electrons. The monoisotopic (exact) mass is 562 g/mol. The van der Waals surface area contributed by atoms with E-state index in [4.69, 9.17) is 9.47 Å². The molecule has 0 bridgehead atoms. The molecule has 0 saturated heterocycles. The number of halogens is 4. The maximum absolute atomic E-state index is 11.8. The van der Waals surface area contributed by atoms with E-state index in [2.05, 4.69) is 63.7 Å². The van der Waals surface area contributed by atoms with Gasteiger partial charge in [-0.3, -0.25) is 0 Å². The largest absolute Gasteiger partial charge is 0.461 e. The molecule has 0 aliphatic carbocycles. The van der Waals surface area contributed by atoms with Crippen LogP contribution in [0.5, 0.6) is 0 Å². The number of hydrogen-bond donors (Lipinski definition) is 0. The van der Waals surface area contributed by atoms with Gasteiger partial charge < -0.3 is 9.47 Å². The number of benzene rings is 1. The Morgan fingerprint density at radius 1 is 0.818 bits per heavy atom. The molecule has 0 fully saturated rings. The first-order valence-corrected chi connectivity index (χ1v) is 10.4. The fourth-order valence-corrected chi connectivity index (χ4v) is 1.97. The molecule has 4 nitrogen and oxygen atoms in total. The Bertz CT molecular complexity index is 447. The molecule has 0 spiro atoms. The first-order valence-electron chi connectivity index (χ1n) is 6.32.